The molecule has 0 aliphatic carbocycles. The third kappa shape index (κ3) is 3.84. The van der Waals surface area contributed by atoms with Crippen LogP contribution >= 0.6 is 11.6 Å². The maximum absolute atomic E-state index is 11.1. The predicted molar refractivity (Wildman–Crippen MR) is 86.4 cm³/mol. The van der Waals surface area contributed by atoms with Crippen molar-refractivity contribution in [2.24, 2.45) is 5.73 Å². The van der Waals surface area contributed by atoms with Gasteiger partial charge in [0.15, 0.2) is 0 Å². The second-order valence-electron chi connectivity index (χ2n) is 5.13. The Morgan fingerprint density at radius 2 is 2.00 bits per heavy atom. The van der Waals surface area contributed by atoms with Crippen LogP contribution in [-0.2, 0) is 6.54 Å². The molecule has 3 N–H and O–H groups in total. The Bertz CT molecular complexity index is 655. The van der Waals surface area contributed by atoms with Crippen molar-refractivity contribution >= 4 is 17.5 Å². The maximum atomic E-state index is 11.1. The first-order valence-electron chi connectivity index (χ1n) is 6.86. The van der Waals surface area contributed by atoms with Crippen molar-refractivity contribution in [1.29, 1.82) is 0 Å². The minimum Gasteiger partial charge on any atom is -0.366 e. The van der Waals surface area contributed by atoms with Crippen LogP contribution in [0.2, 0.25) is 5.02 Å². The highest BCUT2D eigenvalue weighted by molar-refractivity contribution is 6.31. The van der Waals surface area contributed by atoms with Crippen LogP contribution in [0, 0.1) is 6.92 Å². The van der Waals surface area contributed by atoms with E-state index in [0.29, 0.717) is 17.1 Å². The molecule has 0 fully saturated rings. The molecule has 0 aliphatic rings. The van der Waals surface area contributed by atoms with E-state index in [0.717, 1.165) is 5.56 Å². The highest BCUT2D eigenvalue weighted by Crippen LogP contribution is 2.21. The van der Waals surface area contributed by atoms with Gasteiger partial charge in [-0.05, 0) is 42.7 Å². The predicted octanol–water partition coefficient (Wildman–Crippen LogP) is 3.60. The summed E-state index contributed by atoms with van der Waals surface area (Å²) in [5.74, 6) is -0.468. The molecular formula is C17H19ClN2O. The number of carbonyl (C=O) groups excluding carboxylic acids is 1. The summed E-state index contributed by atoms with van der Waals surface area (Å²) in [5.41, 5.74) is 9.13. The van der Waals surface area contributed by atoms with E-state index in [1.165, 1.54) is 11.1 Å². The number of nitrogens with one attached hydrogen (secondary N) is 1. The van der Waals surface area contributed by atoms with Gasteiger partial charge in [0.1, 0.15) is 0 Å². The maximum Gasteiger partial charge on any atom is 0.248 e. The van der Waals surface area contributed by atoms with Crippen molar-refractivity contribution in [2.45, 2.75) is 26.4 Å². The molecule has 0 radical (unpaired) electrons. The number of amides is 1. The summed E-state index contributed by atoms with van der Waals surface area (Å²) in [4.78, 5) is 11.1. The van der Waals surface area contributed by atoms with E-state index in [1.54, 1.807) is 12.1 Å². The van der Waals surface area contributed by atoms with Gasteiger partial charge in [0.05, 0.1) is 0 Å². The van der Waals surface area contributed by atoms with E-state index in [9.17, 15) is 4.79 Å². The molecule has 2 rings (SSSR count). The van der Waals surface area contributed by atoms with Crippen molar-refractivity contribution in [3.8, 4) is 0 Å². The van der Waals surface area contributed by atoms with Gasteiger partial charge < -0.3 is 11.1 Å². The zero-order valence-electron chi connectivity index (χ0n) is 12.2. The molecule has 2 aromatic carbocycles. The fourth-order valence-corrected chi connectivity index (χ4v) is 2.54. The van der Waals surface area contributed by atoms with Gasteiger partial charge in [-0.3, -0.25) is 4.79 Å². The van der Waals surface area contributed by atoms with Crippen LogP contribution in [0.5, 0.6) is 0 Å². The molecule has 0 heterocycles. The average molecular weight is 303 g/mol. The van der Waals surface area contributed by atoms with Crippen LogP contribution in [0.4, 0.5) is 0 Å². The summed E-state index contributed by atoms with van der Waals surface area (Å²) in [7, 11) is 0. The van der Waals surface area contributed by atoms with Crippen LogP contribution in [0.25, 0.3) is 0 Å². The Morgan fingerprint density at radius 1 is 1.29 bits per heavy atom. The fraction of sp³-hybridized carbons (Fsp3) is 0.235. The van der Waals surface area contributed by atoms with E-state index in [4.69, 9.17) is 17.3 Å². The van der Waals surface area contributed by atoms with Gasteiger partial charge >= 0.3 is 0 Å². The lowest BCUT2D eigenvalue weighted by molar-refractivity contribution is 0.100. The van der Waals surface area contributed by atoms with Crippen LogP contribution in [0.3, 0.4) is 0 Å². The molecule has 21 heavy (non-hydrogen) atoms. The molecule has 4 heteroatoms. The quantitative estimate of drug-likeness (QED) is 0.886. The number of hydrogen-bond acceptors (Lipinski definition) is 2. The molecule has 3 nitrogen and oxygen atoms in total. The van der Waals surface area contributed by atoms with Crippen LogP contribution in [-0.4, -0.2) is 5.91 Å². The first-order valence-corrected chi connectivity index (χ1v) is 7.24. The number of nitrogens with two attached hydrogens (primary N) is 1. The van der Waals surface area contributed by atoms with E-state index in [2.05, 4.69) is 31.3 Å². The Balaban J connectivity index is 2.06. The smallest absolute Gasteiger partial charge is 0.248 e. The summed E-state index contributed by atoms with van der Waals surface area (Å²) in [6.45, 7) is 4.85. The molecule has 1 amide bonds. The number of primary amides is 1. The van der Waals surface area contributed by atoms with Crippen LogP contribution < -0.4 is 11.1 Å². The zero-order valence-corrected chi connectivity index (χ0v) is 12.9. The van der Waals surface area contributed by atoms with Gasteiger partial charge in [-0.25, -0.2) is 0 Å². The molecule has 0 spiro atoms. The largest absolute Gasteiger partial charge is 0.366 e. The van der Waals surface area contributed by atoms with E-state index in [1.807, 2.05) is 18.2 Å². The Hall–Kier alpha value is -1.84. The minimum absolute atomic E-state index is 0.220. The Labute approximate surface area is 130 Å². The first-order chi connectivity index (χ1) is 9.99. The number of carbonyl (C=O) groups is 1. The third-order valence-electron chi connectivity index (χ3n) is 3.59. The Kier molecular flexibility index (Phi) is 4.99. The molecule has 0 aliphatic heterocycles. The number of rotatable bonds is 5. The van der Waals surface area contributed by atoms with Gasteiger partial charge in [-0.1, -0.05) is 41.9 Å². The van der Waals surface area contributed by atoms with Crippen molar-refractivity contribution in [2.75, 3.05) is 0 Å². The van der Waals surface area contributed by atoms with Gasteiger partial charge in [0.25, 0.3) is 0 Å². The van der Waals surface area contributed by atoms with Gasteiger partial charge in [0.2, 0.25) is 5.91 Å². The molecule has 1 atom stereocenters. The number of hydrogen-bond donors (Lipinski definition) is 2. The minimum atomic E-state index is -0.468. The Morgan fingerprint density at radius 3 is 2.62 bits per heavy atom. The van der Waals surface area contributed by atoms with E-state index in [-0.39, 0.29) is 6.04 Å². The molecule has 0 aromatic heterocycles. The second-order valence-corrected chi connectivity index (χ2v) is 5.54. The van der Waals surface area contributed by atoms with Gasteiger partial charge in [-0.2, -0.15) is 0 Å². The third-order valence-corrected chi connectivity index (χ3v) is 3.94. The zero-order chi connectivity index (χ0) is 15.4. The highest BCUT2D eigenvalue weighted by atomic mass is 35.5. The molecule has 1 unspecified atom stereocenters. The summed E-state index contributed by atoms with van der Waals surface area (Å²) >= 11 is 6.19. The van der Waals surface area contributed by atoms with Crippen molar-refractivity contribution in [3.05, 3.63) is 69.7 Å². The summed E-state index contributed by atoms with van der Waals surface area (Å²) in [5, 5.41) is 4.00. The molecule has 2 aromatic rings. The summed E-state index contributed by atoms with van der Waals surface area (Å²) < 4.78 is 0. The molecule has 0 bridgehead atoms. The van der Waals surface area contributed by atoms with Crippen LogP contribution in [0.1, 0.15) is 40.0 Å². The van der Waals surface area contributed by atoms with Gasteiger partial charge in [-0.15, -0.1) is 0 Å². The van der Waals surface area contributed by atoms with Gasteiger partial charge in [0, 0.05) is 23.2 Å². The lowest BCUT2D eigenvalue weighted by atomic mass is 10.0. The summed E-state index contributed by atoms with van der Waals surface area (Å²) in [6, 6.07) is 13.6. The molecular weight excluding hydrogens is 284 g/mol. The van der Waals surface area contributed by atoms with Crippen LogP contribution in [0.15, 0.2) is 42.5 Å². The molecule has 0 saturated carbocycles. The van der Waals surface area contributed by atoms with E-state index < -0.39 is 5.91 Å². The van der Waals surface area contributed by atoms with Crippen molar-refractivity contribution in [1.82, 2.24) is 5.32 Å². The summed E-state index contributed by atoms with van der Waals surface area (Å²) in [6.07, 6.45) is 0. The number of halogens is 1. The molecule has 0 saturated heterocycles. The average Bonchev–Trinajstić information content (AvgIpc) is 2.46. The first kappa shape index (κ1) is 15.5. The monoisotopic (exact) mass is 302 g/mol. The number of aryl methyl sites for hydroxylation is 1. The fourth-order valence-electron chi connectivity index (χ4n) is 2.29. The topological polar surface area (TPSA) is 55.1 Å². The highest BCUT2D eigenvalue weighted by Gasteiger charge is 2.09. The van der Waals surface area contributed by atoms with E-state index >= 15 is 0 Å². The molecule has 110 valence electrons. The lowest BCUT2D eigenvalue weighted by Gasteiger charge is -2.17. The van der Waals surface area contributed by atoms with Crippen molar-refractivity contribution in [3.63, 3.8) is 0 Å². The normalized spacial score (nSPS) is 12.1. The second kappa shape index (κ2) is 6.74. The van der Waals surface area contributed by atoms with Crippen molar-refractivity contribution < 1.29 is 4.79 Å². The lowest BCUT2D eigenvalue weighted by Crippen LogP contribution is -2.19. The standard InChI is InChI=1S/C17H19ClN2O/c1-11-5-3-4-6-15(11)12(2)20-10-14-8-7-13(17(19)21)9-16(14)18/h3-9,12,20H,10H2,1-2H3,(H2,19,21). The number of benzene rings is 2. The SMILES string of the molecule is Cc1ccccc1C(C)NCc1ccc(C(N)=O)cc1Cl.